The van der Waals surface area contributed by atoms with E-state index in [-0.39, 0.29) is 11.1 Å². The van der Waals surface area contributed by atoms with Crippen LogP contribution in [0.1, 0.15) is 37.7 Å². The SMILES string of the molecule is CC(C)(C)CCNc1cc[nH]c1C(=O)O. The highest BCUT2D eigenvalue weighted by atomic mass is 16.4. The molecule has 0 aromatic carbocycles. The number of carboxylic acid groups (broad SMARTS) is 1. The molecule has 0 aliphatic rings. The zero-order valence-corrected chi connectivity index (χ0v) is 9.42. The molecule has 0 bridgehead atoms. The first kappa shape index (κ1) is 11.6. The van der Waals surface area contributed by atoms with Gasteiger partial charge in [-0.05, 0) is 17.9 Å². The van der Waals surface area contributed by atoms with Crippen molar-refractivity contribution >= 4 is 11.7 Å². The number of aromatic amines is 1. The van der Waals surface area contributed by atoms with Gasteiger partial charge in [0.2, 0.25) is 0 Å². The van der Waals surface area contributed by atoms with Gasteiger partial charge >= 0.3 is 5.97 Å². The number of anilines is 1. The summed E-state index contributed by atoms with van der Waals surface area (Å²) in [6, 6.07) is 1.74. The normalized spacial score (nSPS) is 11.4. The second-order valence-electron chi connectivity index (χ2n) is 4.81. The molecule has 0 atom stereocenters. The summed E-state index contributed by atoms with van der Waals surface area (Å²) in [5.74, 6) is -0.932. The summed E-state index contributed by atoms with van der Waals surface area (Å²) < 4.78 is 0. The van der Waals surface area contributed by atoms with E-state index >= 15 is 0 Å². The molecule has 0 radical (unpaired) electrons. The van der Waals surface area contributed by atoms with Crippen molar-refractivity contribution in [3.05, 3.63) is 18.0 Å². The lowest BCUT2D eigenvalue weighted by molar-refractivity contribution is 0.0692. The van der Waals surface area contributed by atoms with E-state index in [2.05, 4.69) is 31.1 Å². The summed E-state index contributed by atoms with van der Waals surface area (Å²) in [7, 11) is 0. The second-order valence-corrected chi connectivity index (χ2v) is 4.81. The molecule has 0 unspecified atom stereocenters. The molecule has 4 heteroatoms. The van der Waals surface area contributed by atoms with Crippen molar-refractivity contribution < 1.29 is 9.90 Å². The lowest BCUT2D eigenvalue weighted by atomic mass is 9.92. The van der Waals surface area contributed by atoms with Crippen molar-refractivity contribution in [1.82, 2.24) is 4.98 Å². The first-order valence-electron chi connectivity index (χ1n) is 5.05. The summed E-state index contributed by atoms with van der Waals surface area (Å²) in [5, 5.41) is 12.0. The number of hydrogen-bond donors (Lipinski definition) is 3. The van der Waals surface area contributed by atoms with Crippen LogP contribution in [0.15, 0.2) is 12.3 Å². The van der Waals surface area contributed by atoms with Crippen LogP contribution in [0.25, 0.3) is 0 Å². The van der Waals surface area contributed by atoms with E-state index in [9.17, 15) is 4.79 Å². The van der Waals surface area contributed by atoms with E-state index in [4.69, 9.17) is 5.11 Å². The van der Waals surface area contributed by atoms with Gasteiger partial charge in [-0.25, -0.2) is 4.79 Å². The number of hydrogen-bond acceptors (Lipinski definition) is 2. The maximum Gasteiger partial charge on any atom is 0.354 e. The molecular formula is C11H18N2O2. The molecule has 0 spiro atoms. The molecule has 1 heterocycles. The topological polar surface area (TPSA) is 65.1 Å². The van der Waals surface area contributed by atoms with E-state index < -0.39 is 5.97 Å². The van der Waals surface area contributed by atoms with Crippen LogP contribution in [0.5, 0.6) is 0 Å². The van der Waals surface area contributed by atoms with Crippen LogP contribution in [0.3, 0.4) is 0 Å². The van der Waals surface area contributed by atoms with Crippen LogP contribution < -0.4 is 5.32 Å². The molecule has 3 N–H and O–H groups in total. The summed E-state index contributed by atoms with van der Waals surface area (Å²) in [6.45, 7) is 7.25. The second kappa shape index (κ2) is 4.38. The first-order valence-corrected chi connectivity index (χ1v) is 5.05. The minimum Gasteiger partial charge on any atom is -0.477 e. The van der Waals surface area contributed by atoms with Gasteiger partial charge in [0.1, 0.15) is 5.69 Å². The Bertz CT molecular complexity index is 337. The molecule has 1 aromatic heterocycles. The van der Waals surface area contributed by atoms with Gasteiger partial charge in [0.25, 0.3) is 0 Å². The molecular weight excluding hydrogens is 192 g/mol. The minimum absolute atomic E-state index is 0.226. The Balaban J connectivity index is 2.51. The van der Waals surface area contributed by atoms with Crippen LogP contribution in [0.2, 0.25) is 0 Å². The summed E-state index contributed by atoms with van der Waals surface area (Å²) in [5.41, 5.74) is 1.14. The van der Waals surface area contributed by atoms with Gasteiger partial charge in [-0.3, -0.25) is 0 Å². The third kappa shape index (κ3) is 3.65. The van der Waals surface area contributed by atoms with Gasteiger partial charge in [0.05, 0.1) is 5.69 Å². The number of aromatic nitrogens is 1. The predicted molar refractivity (Wildman–Crippen MR) is 60.3 cm³/mol. The standard InChI is InChI=1S/C11H18N2O2/c1-11(2,3)5-7-12-8-4-6-13-9(8)10(14)15/h4,6,12-13H,5,7H2,1-3H3,(H,14,15). The highest BCUT2D eigenvalue weighted by Gasteiger charge is 2.12. The average Bonchev–Trinajstić information content (AvgIpc) is 2.49. The van der Waals surface area contributed by atoms with Gasteiger partial charge in [0.15, 0.2) is 0 Å². The molecule has 15 heavy (non-hydrogen) atoms. The van der Waals surface area contributed by atoms with Crippen LogP contribution in [0, 0.1) is 5.41 Å². The molecule has 1 aromatic rings. The van der Waals surface area contributed by atoms with Crippen LogP contribution >= 0.6 is 0 Å². The maximum atomic E-state index is 10.8. The van der Waals surface area contributed by atoms with E-state index in [1.807, 2.05) is 0 Å². The molecule has 84 valence electrons. The van der Waals surface area contributed by atoms with E-state index in [1.54, 1.807) is 12.3 Å². The number of H-pyrrole nitrogens is 1. The Morgan fingerprint density at radius 2 is 2.20 bits per heavy atom. The van der Waals surface area contributed by atoms with Crippen molar-refractivity contribution in [3.63, 3.8) is 0 Å². The number of carbonyl (C=O) groups is 1. The number of aromatic carboxylic acids is 1. The highest BCUT2D eigenvalue weighted by molar-refractivity contribution is 5.92. The Kier molecular flexibility index (Phi) is 3.39. The van der Waals surface area contributed by atoms with Gasteiger partial charge < -0.3 is 15.4 Å². The van der Waals surface area contributed by atoms with Crippen LogP contribution in [-0.2, 0) is 0 Å². The molecule has 0 fully saturated rings. The number of nitrogens with one attached hydrogen (secondary N) is 2. The number of carboxylic acids is 1. The van der Waals surface area contributed by atoms with Gasteiger partial charge in [-0.15, -0.1) is 0 Å². The van der Waals surface area contributed by atoms with E-state index in [1.165, 1.54) is 0 Å². The first-order chi connectivity index (χ1) is 6.90. The quantitative estimate of drug-likeness (QED) is 0.715. The van der Waals surface area contributed by atoms with Crippen LogP contribution in [-0.4, -0.2) is 22.6 Å². The molecule has 0 aliphatic heterocycles. The summed E-state index contributed by atoms with van der Waals surface area (Å²) in [6.07, 6.45) is 2.63. The van der Waals surface area contributed by atoms with Gasteiger partial charge in [-0.1, -0.05) is 20.8 Å². The molecule has 1 rings (SSSR count). The third-order valence-corrected chi connectivity index (χ3v) is 2.15. The maximum absolute atomic E-state index is 10.8. The van der Waals surface area contributed by atoms with Gasteiger partial charge in [0, 0.05) is 12.7 Å². The molecule has 0 saturated heterocycles. The molecule has 0 amide bonds. The van der Waals surface area contributed by atoms with Crippen molar-refractivity contribution in [3.8, 4) is 0 Å². The third-order valence-electron chi connectivity index (χ3n) is 2.15. The fourth-order valence-corrected chi connectivity index (χ4v) is 1.27. The minimum atomic E-state index is -0.932. The van der Waals surface area contributed by atoms with E-state index in [0.29, 0.717) is 5.69 Å². The smallest absolute Gasteiger partial charge is 0.354 e. The Morgan fingerprint density at radius 1 is 1.53 bits per heavy atom. The fourth-order valence-electron chi connectivity index (χ4n) is 1.27. The predicted octanol–water partition coefficient (Wildman–Crippen LogP) is 2.56. The lowest BCUT2D eigenvalue weighted by Gasteiger charge is -2.18. The van der Waals surface area contributed by atoms with Crippen molar-refractivity contribution in [1.29, 1.82) is 0 Å². The average molecular weight is 210 g/mol. The monoisotopic (exact) mass is 210 g/mol. The van der Waals surface area contributed by atoms with Crippen molar-refractivity contribution in [2.75, 3.05) is 11.9 Å². The zero-order chi connectivity index (χ0) is 11.5. The fraction of sp³-hybridized carbons (Fsp3) is 0.545. The van der Waals surface area contributed by atoms with Crippen molar-refractivity contribution in [2.45, 2.75) is 27.2 Å². The Morgan fingerprint density at radius 3 is 2.73 bits per heavy atom. The zero-order valence-electron chi connectivity index (χ0n) is 9.42. The lowest BCUT2D eigenvalue weighted by Crippen LogP contribution is -2.14. The van der Waals surface area contributed by atoms with E-state index in [0.717, 1.165) is 13.0 Å². The highest BCUT2D eigenvalue weighted by Crippen LogP contribution is 2.19. The van der Waals surface area contributed by atoms with Crippen molar-refractivity contribution in [2.24, 2.45) is 5.41 Å². The summed E-state index contributed by atoms with van der Waals surface area (Å²) >= 11 is 0. The Hall–Kier alpha value is -1.45. The molecule has 0 aliphatic carbocycles. The Labute approximate surface area is 89.7 Å². The largest absolute Gasteiger partial charge is 0.477 e. The van der Waals surface area contributed by atoms with Gasteiger partial charge in [-0.2, -0.15) is 0 Å². The number of rotatable bonds is 4. The molecule has 0 saturated carbocycles. The molecule has 4 nitrogen and oxygen atoms in total. The van der Waals surface area contributed by atoms with Crippen LogP contribution in [0.4, 0.5) is 5.69 Å². The summed E-state index contributed by atoms with van der Waals surface area (Å²) in [4.78, 5) is 13.5.